The van der Waals surface area contributed by atoms with Crippen LogP contribution in [0.25, 0.3) is 11.5 Å². The van der Waals surface area contributed by atoms with Crippen LogP contribution in [0.2, 0.25) is 0 Å². The van der Waals surface area contributed by atoms with Crippen LogP contribution in [0, 0.1) is 20.8 Å². The Morgan fingerprint density at radius 3 is 2.48 bits per heavy atom. The number of aryl methyl sites for hydroxylation is 3. The minimum Gasteiger partial charge on any atom is -0.415 e. The highest BCUT2D eigenvalue weighted by atomic mass is 16.4. The van der Waals surface area contributed by atoms with E-state index in [9.17, 15) is 4.79 Å². The Morgan fingerprint density at radius 2 is 1.78 bits per heavy atom. The largest absolute Gasteiger partial charge is 0.415 e. The summed E-state index contributed by atoms with van der Waals surface area (Å²) in [4.78, 5) is 13.4. The molecule has 140 valence electrons. The molecule has 1 aromatic heterocycles. The molecule has 1 heterocycles. The van der Waals surface area contributed by atoms with E-state index in [2.05, 4.69) is 15.5 Å². The molecule has 0 fully saturated rings. The zero-order valence-corrected chi connectivity index (χ0v) is 16.2. The van der Waals surface area contributed by atoms with Crippen LogP contribution in [-0.2, 0) is 11.3 Å². The van der Waals surface area contributed by atoms with E-state index >= 15 is 0 Å². The van der Waals surface area contributed by atoms with Gasteiger partial charge in [-0.05, 0) is 44.0 Å². The van der Waals surface area contributed by atoms with E-state index < -0.39 is 0 Å². The van der Waals surface area contributed by atoms with Gasteiger partial charge in [0.15, 0.2) is 13.1 Å². The van der Waals surface area contributed by atoms with Crippen molar-refractivity contribution in [3.05, 3.63) is 65.0 Å². The molecule has 2 aromatic carbocycles. The Kier molecular flexibility index (Phi) is 5.66. The number of amides is 1. The molecule has 1 atom stereocenters. The van der Waals surface area contributed by atoms with Crippen LogP contribution in [0.15, 0.2) is 46.9 Å². The summed E-state index contributed by atoms with van der Waals surface area (Å²) in [5.41, 5.74) is 5.04. The van der Waals surface area contributed by atoms with E-state index in [4.69, 9.17) is 4.42 Å². The van der Waals surface area contributed by atoms with Gasteiger partial charge in [0.2, 0.25) is 5.89 Å². The topological polar surface area (TPSA) is 72.5 Å². The van der Waals surface area contributed by atoms with E-state index in [0.29, 0.717) is 24.9 Å². The summed E-state index contributed by atoms with van der Waals surface area (Å²) < 4.78 is 5.76. The first-order valence-electron chi connectivity index (χ1n) is 8.99. The van der Waals surface area contributed by atoms with E-state index in [1.54, 1.807) is 0 Å². The number of quaternary nitrogens is 1. The zero-order valence-electron chi connectivity index (χ0n) is 16.2. The number of benzene rings is 2. The first-order chi connectivity index (χ1) is 12.9. The third-order valence-electron chi connectivity index (χ3n) is 4.39. The summed E-state index contributed by atoms with van der Waals surface area (Å²) in [7, 11) is 1.93. The van der Waals surface area contributed by atoms with Crippen LogP contribution in [0.3, 0.4) is 0 Å². The van der Waals surface area contributed by atoms with Gasteiger partial charge in [-0.2, -0.15) is 0 Å². The predicted molar refractivity (Wildman–Crippen MR) is 104 cm³/mol. The highest BCUT2D eigenvalue weighted by molar-refractivity contribution is 5.93. The van der Waals surface area contributed by atoms with Crippen molar-refractivity contribution in [3.8, 4) is 11.5 Å². The van der Waals surface area contributed by atoms with Crippen molar-refractivity contribution in [3.63, 3.8) is 0 Å². The van der Waals surface area contributed by atoms with E-state index in [1.165, 1.54) is 0 Å². The van der Waals surface area contributed by atoms with Gasteiger partial charge in [0, 0.05) is 11.3 Å². The molecular weight excluding hydrogens is 340 g/mol. The molecule has 0 radical (unpaired) electrons. The summed E-state index contributed by atoms with van der Waals surface area (Å²) in [6, 6.07) is 13.9. The number of nitrogens with zero attached hydrogens (tertiary/aromatic N) is 2. The molecule has 27 heavy (non-hydrogen) atoms. The molecule has 6 heteroatoms. The van der Waals surface area contributed by atoms with Crippen LogP contribution in [0.5, 0.6) is 0 Å². The number of hydrogen-bond acceptors (Lipinski definition) is 4. The molecular formula is C21H25N4O2+. The molecule has 0 aliphatic carbocycles. The highest BCUT2D eigenvalue weighted by Gasteiger charge is 2.16. The fourth-order valence-corrected chi connectivity index (χ4v) is 3.01. The maximum absolute atomic E-state index is 12.4. The summed E-state index contributed by atoms with van der Waals surface area (Å²) in [5, 5.41) is 11.2. The number of anilines is 1. The lowest BCUT2D eigenvalue weighted by molar-refractivity contribution is -0.886. The lowest BCUT2D eigenvalue weighted by Crippen LogP contribution is -3.08. The number of carbonyl (C=O) groups excluding carboxylic acids is 1. The molecule has 0 aliphatic heterocycles. The van der Waals surface area contributed by atoms with E-state index in [-0.39, 0.29) is 5.91 Å². The minimum absolute atomic E-state index is 0.0386. The molecule has 2 N–H and O–H groups in total. The summed E-state index contributed by atoms with van der Waals surface area (Å²) in [5.74, 6) is 0.980. The van der Waals surface area contributed by atoms with Crippen LogP contribution in [0.1, 0.15) is 22.6 Å². The SMILES string of the molecule is Cc1cccc(-c2nnc(C[NH+](C)CC(=O)Nc3c(C)cccc3C)o2)c1. The van der Waals surface area contributed by atoms with E-state index in [1.807, 2.05) is 70.3 Å². The highest BCUT2D eigenvalue weighted by Crippen LogP contribution is 2.19. The number of hydrogen-bond donors (Lipinski definition) is 2. The first kappa shape index (κ1) is 18.8. The second-order valence-electron chi connectivity index (χ2n) is 7.00. The maximum Gasteiger partial charge on any atom is 0.279 e. The maximum atomic E-state index is 12.4. The van der Waals surface area contributed by atoms with E-state index in [0.717, 1.165) is 32.8 Å². The van der Waals surface area contributed by atoms with Gasteiger partial charge in [-0.3, -0.25) is 4.79 Å². The second-order valence-corrected chi connectivity index (χ2v) is 7.00. The third kappa shape index (κ3) is 4.80. The van der Waals surface area contributed by atoms with Gasteiger partial charge in [0.05, 0.1) is 7.05 Å². The first-order valence-corrected chi connectivity index (χ1v) is 8.99. The van der Waals surface area contributed by atoms with Gasteiger partial charge in [0.25, 0.3) is 11.8 Å². The van der Waals surface area contributed by atoms with Crippen LogP contribution < -0.4 is 10.2 Å². The van der Waals surface area contributed by atoms with Crippen molar-refractivity contribution >= 4 is 11.6 Å². The van der Waals surface area contributed by atoms with Crippen LogP contribution in [0.4, 0.5) is 5.69 Å². The Labute approximate surface area is 159 Å². The van der Waals surface area contributed by atoms with Gasteiger partial charge in [-0.1, -0.05) is 35.9 Å². The number of likely N-dealkylation sites (N-methyl/N-ethyl adjacent to an activating group) is 1. The Hall–Kier alpha value is -2.99. The molecule has 0 spiro atoms. The Morgan fingerprint density at radius 1 is 1.07 bits per heavy atom. The number of carbonyl (C=O) groups is 1. The average Bonchev–Trinajstić information content (AvgIpc) is 3.06. The lowest BCUT2D eigenvalue weighted by Gasteiger charge is -2.14. The molecule has 1 unspecified atom stereocenters. The van der Waals surface area contributed by atoms with Gasteiger partial charge in [-0.25, -0.2) is 0 Å². The monoisotopic (exact) mass is 365 g/mol. The Balaban J connectivity index is 1.59. The summed E-state index contributed by atoms with van der Waals surface area (Å²) >= 11 is 0. The standard InChI is InChI=1S/C21H24N4O2/c1-14-7-5-10-17(11-14)21-24-23-19(27-21)13-25(4)12-18(26)22-20-15(2)8-6-9-16(20)3/h5-11H,12-13H2,1-4H3,(H,22,26)/p+1. The number of para-hydroxylation sites is 1. The van der Waals surface area contributed by atoms with Crippen molar-refractivity contribution in [2.75, 3.05) is 18.9 Å². The molecule has 0 saturated heterocycles. The lowest BCUT2D eigenvalue weighted by atomic mass is 10.1. The van der Waals surface area contributed by atoms with Gasteiger partial charge in [0.1, 0.15) is 0 Å². The molecule has 6 nitrogen and oxygen atoms in total. The average molecular weight is 365 g/mol. The fraction of sp³-hybridized carbons (Fsp3) is 0.286. The number of aromatic nitrogens is 2. The fourth-order valence-electron chi connectivity index (χ4n) is 3.01. The van der Waals surface area contributed by atoms with Crippen molar-refractivity contribution in [1.82, 2.24) is 10.2 Å². The summed E-state index contributed by atoms with van der Waals surface area (Å²) in [6.45, 7) is 6.80. The number of nitrogens with one attached hydrogen (secondary N) is 2. The Bertz CT molecular complexity index is 929. The quantitative estimate of drug-likeness (QED) is 0.703. The molecule has 0 saturated carbocycles. The zero-order chi connectivity index (χ0) is 19.4. The van der Waals surface area contributed by atoms with Crippen molar-refractivity contribution in [1.29, 1.82) is 0 Å². The minimum atomic E-state index is -0.0386. The smallest absolute Gasteiger partial charge is 0.279 e. The van der Waals surface area contributed by atoms with Crippen LogP contribution in [-0.4, -0.2) is 29.7 Å². The predicted octanol–water partition coefficient (Wildman–Crippen LogP) is 2.32. The van der Waals surface area contributed by atoms with Crippen LogP contribution >= 0.6 is 0 Å². The normalized spacial score (nSPS) is 12.0. The second kappa shape index (κ2) is 8.14. The summed E-state index contributed by atoms with van der Waals surface area (Å²) in [6.07, 6.45) is 0. The van der Waals surface area contributed by atoms with Crippen molar-refractivity contribution in [2.45, 2.75) is 27.3 Å². The molecule has 1 amide bonds. The van der Waals surface area contributed by atoms with Gasteiger partial charge < -0.3 is 14.6 Å². The van der Waals surface area contributed by atoms with Gasteiger partial charge in [-0.15, -0.1) is 10.2 Å². The third-order valence-corrected chi connectivity index (χ3v) is 4.39. The van der Waals surface area contributed by atoms with Crippen molar-refractivity contribution < 1.29 is 14.1 Å². The number of rotatable bonds is 6. The molecule has 3 rings (SSSR count). The molecule has 3 aromatic rings. The molecule has 0 aliphatic rings. The van der Waals surface area contributed by atoms with Crippen molar-refractivity contribution in [2.24, 2.45) is 0 Å². The van der Waals surface area contributed by atoms with Gasteiger partial charge >= 0.3 is 0 Å². The molecule has 0 bridgehead atoms.